The largest absolute Gasteiger partial charge is 0.323 e. The van der Waals surface area contributed by atoms with Crippen molar-refractivity contribution >= 4 is 39.3 Å². The van der Waals surface area contributed by atoms with Gasteiger partial charge >= 0.3 is 0 Å². The first-order valence-electron chi connectivity index (χ1n) is 6.22. The monoisotopic (exact) mass is 336 g/mol. The molecule has 7 heteroatoms. The Bertz CT molecular complexity index is 798. The summed E-state index contributed by atoms with van der Waals surface area (Å²) in [6.45, 7) is 0. The second kappa shape index (κ2) is 6.74. The summed E-state index contributed by atoms with van der Waals surface area (Å²) < 4.78 is 22.2. The molecule has 0 atom stereocenters. The highest BCUT2D eigenvalue weighted by Gasteiger charge is 2.07. The van der Waals surface area contributed by atoms with E-state index in [4.69, 9.17) is 16.7 Å². The lowest BCUT2D eigenvalue weighted by Crippen LogP contribution is -2.12. The number of rotatable bonds is 4. The fourth-order valence-corrected chi connectivity index (χ4v) is 2.30. The molecule has 22 heavy (non-hydrogen) atoms. The van der Waals surface area contributed by atoms with E-state index in [0.717, 1.165) is 5.56 Å². The molecule has 0 saturated heterocycles. The fraction of sp³-hybridized carbons (Fsp3) is 0. The minimum Gasteiger partial charge on any atom is -0.323 e. The average molecular weight is 337 g/mol. The van der Waals surface area contributed by atoms with Crippen LogP contribution in [0, 0.1) is 0 Å². The number of benzene rings is 2. The molecule has 0 aliphatic carbocycles. The van der Waals surface area contributed by atoms with Crippen LogP contribution in [0.3, 0.4) is 0 Å². The highest BCUT2D eigenvalue weighted by atomic mass is 35.5. The highest BCUT2D eigenvalue weighted by Crippen LogP contribution is 2.13. The van der Waals surface area contributed by atoms with Crippen molar-refractivity contribution in [1.82, 2.24) is 0 Å². The average Bonchev–Trinajstić information content (AvgIpc) is 2.46. The van der Waals surface area contributed by atoms with Crippen LogP contribution in [0.4, 0.5) is 5.69 Å². The zero-order valence-corrected chi connectivity index (χ0v) is 12.9. The number of carbonyl (C=O) groups is 1. The minimum atomic E-state index is -3.74. The predicted molar refractivity (Wildman–Crippen MR) is 86.9 cm³/mol. The molecule has 1 amide bonds. The van der Waals surface area contributed by atoms with Gasteiger partial charge in [0.05, 0.1) is 4.90 Å². The number of carbonyl (C=O) groups excluding carboxylic acids is 1. The first kappa shape index (κ1) is 16.2. The van der Waals surface area contributed by atoms with Gasteiger partial charge < -0.3 is 5.32 Å². The number of sulfonamides is 1. The van der Waals surface area contributed by atoms with E-state index in [0.29, 0.717) is 10.7 Å². The van der Waals surface area contributed by atoms with Crippen molar-refractivity contribution in [2.45, 2.75) is 4.90 Å². The quantitative estimate of drug-likeness (QED) is 0.841. The third-order valence-corrected chi connectivity index (χ3v) is 3.93. The molecule has 2 aromatic rings. The lowest BCUT2D eigenvalue weighted by atomic mass is 10.2. The van der Waals surface area contributed by atoms with Crippen LogP contribution in [-0.2, 0) is 14.8 Å². The Balaban J connectivity index is 2.01. The van der Waals surface area contributed by atoms with Crippen molar-refractivity contribution in [3.63, 3.8) is 0 Å². The summed E-state index contributed by atoms with van der Waals surface area (Å²) >= 11 is 5.77. The summed E-state index contributed by atoms with van der Waals surface area (Å²) in [5, 5.41) is 8.23. The summed E-state index contributed by atoms with van der Waals surface area (Å²) in [5.41, 5.74) is 1.31. The number of hydrogen-bond donors (Lipinski definition) is 2. The Morgan fingerprint density at radius 3 is 2.18 bits per heavy atom. The molecule has 2 rings (SSSR count). The summed E-state index contributed by atoms with van der Waals surface area (Å²) in [6.07, 6.45) is 3.02. The molecule has 5 nitrogen and oxygen atoms in total. The van der Waals surface area contributed by atoms with Crippen LogP contribution < -0.4 is 10.5 Å². The minimum absolute atomic E-state index is 0.0118. The van der Waals surface area contributed by atoms with E-state index < -0.39 is 10.0 Å². The van der Waals surface area contributed by atoms with Crippen LogP contribution in [0.15, 0.2) is 59.5 Å². The summed E-state index contributed by atoms with van der Waals surface area (Å²) in [5.74, 6) is -0.335. The lowest BCUT2D eigenvalue weighted by molar-refractivity contribution is -0.111. The molecule has 0 aromatic heterocycles. The molecule has 0 saturated carbocycles. The number of nitrogens with one attached hydrogen (secondary N) is 1. The van der Waals surface area contributed by atoms with Crippen LogP contribution in [0.5, 0.6) is 0 Å². The van der Waals surface area contributed by atoms with Crippen LogP contribution in [-0.4, -0.2) is 14.3 Å². The molecular formula is C15H13ClN2O3S. The van der Waals surface area contributed by atoms with Gasteiger partial charge in [-0.25, -0.2) is 13.6 Å². The van der Waals surface area contributed by atoms with Crippen LogP contribution in [0.2, 0.25) is 5.02 Å². The van der Waals surface area contributed by atoms with Gasteiger partial charge in [-0.05, 0) is 48.0 Å². The van der Waals surface area contributed by atoms with Gasteiger partial charge in [-0.3, -0.25) is 4.79 Å². The molecular weight excluding hydrogens is 324 g/mol. The molecule has 0 spiro atoms. The number of primary sulfonamides is 1. The zero-order chi connectivity index (χ0) is 16.2. The summed E-state index contributed by atoms with van der Waals surface area (Å²) in [7, 11) is -3.74. The van der Waals surface area contributed by atoms with Crippen LogP contribution in [0.25, 0.3) is 6.08 Å². The molecule has 0 aliphatic rings. The van der Waals surface area contributed by atoms with Gasteiger partial charge in [0.1, 0.15) is 0 Å². The van der Waals surface area contributed by atoms with Crippen molar-refractivity contribution in [1.29, 1.82) is 0 Å². The van der Waals surface area contributed by atoms with E-state index in [1.807, 2.05) is 0 Å². The van der Waals surface area contributed by atoms with Crippen molar-refractivity contribution < 1.29 is 13.2 Å². The standard InChI is InChI=1S/C15H13ClN2O3S/c16-12-4-1-11(2-5-12)3-10-15(19)18-13-6-8-14(9-7-13)22(17,20)21/h1-10H,(H,18,19)(H2,17,20,21)/b10-3-. The number of amides is 1. The molecule has 0 aliphatic heterocycles. The maximum atomic E-state index is 11.8. The van der Waals surface area contributed by atoms with Gasteiger partial charge in [0, 0.05) is 16.8 Å². The molecule has 0 bridgehead atoms. The highest BCUT2D eigenvalue weighted by molar-refractivity contribution is 7.89. The van der Waals surface area contributed by atoms with Crippen molar-refractivity contribution in [2.75, 3.05) is 5.32 Å². The maximum absolute atomic E-state index is 11.8. The van der Waals surface area contributed by atoms with E-state index in [-0.39, 0.29) is 10.8 Å². The van der Waals surface area contributed by atoms with Gasteiger partial charge in [-0.2, -0.15) is 0 Å². The Morgan fingerprint density at radius 1 is 1.05 bits per heavy atom. The first-order chi connectivity index (χ1) is 10.3. The van der Waals surface area contributed by atoms with Crippen molar-refractivity contribution in [3.05, 3.63) is 65.2 Å². The Labute approximate surface area is 133 Å². The molecule has 0 heterocycles. The van der Waals surface area contributed by atoms with Crippen LogP contribution in [0.1, 0.15) is 5.56 Å². The topological polar surface area (TPSA) is 89.3 Å². The van der Waals surface area contributed by atoms with E-state index in [2.05, 4.69) is 5.32 Å². The summed E-state index contributed by atoms with van der Waals surface area (Å²) in [4.78, 5) is 11.8. The zero-order valence-electron chi connectivity index (χ0n) is 11.4. The van der Waals surface area contributed by atoms with Crippen LogP contribution >= 0.6 is 11.6 Å². The molecule has 0 unspecified atom stereocenters. The normalized spacial score (nSPS) is 11.5. The van der Waals surface area contributed by atoms with E-state index in [9.17, 15) is 13.2 Å². The third kappa shape index (κ3) is 4.70. The summed E-state index contributed by atoms with van der Waals surface area (Å²) in [6, 6.07) is 12.6. The SMILES string of the molecule is NS(=O)(=O)c1ccc(NC(=O)/C=C\c2ccc(Cl)cc2)cc1. The van der Waals surface area contributed by atoms with Gasteiger partial charge in [-0.15, -0.1) is 0 Å². The number of halogens is 1. The number of nitrogens with two attached hydrogens (primary N) is 1. The molecule has 3 N–H and O–H groups in total. The molecule has 0 radical (unpaired) electrons. The number of anilines is 1. The second-order valence-corrected chi connectivity index (χ2v) is 6.44. The molecule has 2 aromatic carbocycles. The van der Waals surface area contributed by atoms with E-state index in [1.54, 1.807) is 30.3 Å². The second-order valence-electron chi connectivity index (χ2n) is 4.44. The van der Waals surface area contributed by atoms with Gasteiger partial charge in [-0.1, -0.05) is 23.7 Å². The third-order valence-electron chi connectivity index (χ3n) is 2.75. The Kier molecular flexibility index (Phi) is 4.97. The molecule has 0 fully saturated rings. The van der Waals surface area contributed by atoms with E-state index >= 15 is 0 Å². The predicted octanol–water partition coefficient (Wildman–Crippen LogP) is 2.64. The number of hydrogen-bond acceptors (Lipinski definition) is 3. The van der Waals surface area contributed by atoms with Gasteiger partial charge in [0.15, 0.2) is 0 Å². The van der Waals surface area contributed by atoms with Gasteiger partial charge in [0.2, 0.25) is 15.9 Å². The first-order valence-corrected chi connectivity index (χ1v) is 8.14. The molecule has 114 valence electrons. The fourth-order valence-electron chi connectivity index (χ4n) is 1.66. The Hall–Kier alpha value is -2.15. The van der Waals surface area contributed by atoms with Crippen molar-refractivity contribution in [3.8, 4) is 0 Å². The lowest BCUT2D eigenvalue weighted by Gasteiger charge is -2.03. The smallest absolute Gasteiger partial charge is 0.248 e. The van der Waals surface area contributed by atoms with E-state index in [1.165, 1.54) is 30.3 Å². The Morgan fingerprint density at radius 2 is 1.64 bits per heavy atom. The van der Waals surface area contributed by atoms with Gasteiger partial charge in [0.25, 0.3) is 0 Å². The maximum Gasteiger partial charge on any atom is 0.248 e. The van der Waals surface area contributed by atoms with Crippen molar-refractivity contribution in [2.24, 2.45) is 5.14 Å².